The van der Waals surface area contributed by atoms with Crippen LogP contribution in [0.25, 0.3) is 27.5 Å². The SMILES string of the molecule is CCOC(=O)c1cn(-c2cccc3ccccc23)c2nc(Cl)c(F)cc2c1=O. The molecular formula is C21H14ClFN2O3. The molecule has 0 aliphatic carbocycles. The maximum absolute atomic E-state index is 14.0. The summed E-state index contributed by atoms with van der Waals surface area (Å²) in [4.78, 5) is 29.2. The average molecular weight is 397 g/mol. The van der Waals surface area contributed by atoms with E-state index in [9.17, 15) is 14.0 Å². The summed E-state index contributed by atoms with van der Waals surface area (Å²) in [5.41, 5.74) is -0.0385. The molecule has 2 heterocycles. The number of benzene rings is 2. The largest absolute Gasteiger partial charge is 0.462 e. The summed E-state index contributed by atoms with van der Waals surface area (Å²) < 4.78 is 20.6. The van der Waals surface area contributed by atoms with E-state index in [-0.39, 0.29) is 28.4 Å². The van der Waals surface area contributed by atoms with Gasteiger partial charge in [-0.15, -0.1) is 0 Å². The monoisotopic (exact) mass is 396 g/mol. The maximum Gasteiger partial charge on any atom is 0.343 e. The Hall–Kier alpha value is -3.25. The number of ether oxygens (including phenoxy) is 1. The molecule has 0 saturated carbocycles. The van der Waals surface area contributed by atoms with E-state index in [4.69, 9.17) is 16.3 Å². The molecule has 5 nitrogen and oxygen atoms in total. The molecule has 2 aromatic heterocycles. The lowest BCUT2D eigenvalue weighted by atomic mass is 10.1. The number of fused-ring (bicyclic) bond motifs is 2. The molecule has 0 aliphatic heterocycles. The van der Waals surface area contributed by atoms with Crippen LogP contribution in [-0.4, -0.2) is 22.1 Å². The van der Waals surface area contributed by atoms with Gasteiger partial charge < -0.3 is 4.74 Å². The highest BCUT2D eigenvalue weighted by atomic mass is 35.5. The van der Waals surface area contributed by atoms with Gasteiger partial charge in [0.1, 0.15) is 11.2 Å². The van der Waals surface area contributed by atoms with E-state index in [1.54, 1.807) is 11.5 Å². The Labute approximate surface area is 164 Å². The van der Waals surface area contributed by atoms with E-state index >= 15 is 0 Å². The van der Waals surface area contributed by atoms with E-state index in [0.717, 1.165) is 16.8 Å². The van der Waals surface area contributed by atoms with Crippen molar-refractivity contribution in [1.82, 2.24) is 9.55 Å². The van der Waals surface area contributed by atoms with Gasteiger partial charge in [-0.25, -0.2) is 14.2 Å². The molecule has 140 valence electrons. The first-order valence-corrected chi connectivity index (χ1v) is 8.95. The van der Waals surface area contributed by atoms with E-state index in [2.05, 4.69) is 4.98 Å². The van der Waals surface area contributed by atoms with Crippen LogP contribution in [0.4, 0.5) is 4.39 Å². The second kappa shape index (κ2) is 7.05. The summed E-state index contributed by atoms with van der Waals surface area (Å²) in [7, 11) is 0. The molecule has 0 aliphatic rings. The average Bonchev–Trinajstić information content (AvgIpc) is 2.70. The van der Waals surface area contributed by atoms with Gasteiger partial charge in [-0.05, 0) is 24.4 Å². The highest BCUT2D eigenvalue weighted by Gasteiger charge is 2.20. The molecular weight excluding hydrogens is 383 g/mol. The Balaban J connectivity index is 2.15. The van der Waals surface area contributed by atoms with Crippen molar-refractivity contribution in [2.75, 3.05) is 6.61 Å². The molecule has 4 aromatic rings. The standard InChI is InChI=1S/C21H14ClFN2O3/c1-2-28-21(27)15-11-25(17-9-5-7-12-6-3-4-8-13(12)17)20-14(18(15)26)10-16(23)19(22)24-20/h3-11H,2H2,1H3. The number of rotatable bonds is 3. The number of aromatic nitrogens is 2. The van der Waals surface area contributed by atoms with Gasteiger partial charge in [0.2, 0.25) is 5.43 Å². The molecule has 0 amide bonds. The third-order valence-electron chi connectivity index (χ3n) is 4.41. The van der Waals surface area contributed by atoms with Crippen molar-refractivity contribution >= 4 is 39.4 Å². The Morgan fingerprint density at radius 2 is 1.93 bits per heavy atom. The predicted octanol–water partition coefficient (Wildman–Crippen LogP) is 4.51. The van der Waals surface area contributed by atoms with Crippen LogP contribution in [0.15, 0.2) is 59.5 Å². The van der Waals surface area contributed by atoms with Crippen LogP contribution in [0.5, 0.6) is 0 Å². The predicted molar refractivity (Wildman–Crippen MR) is 106 cm³/mol. The highest BCUT2D eigenvalue weighted by Crippen LogP contribution is 2.26. The van der Waals surface area contributed by atoms with Crippen molar-refractivity contribution < 1.29 is 13.9 Å². The zero-order valence-corrected chi connectivity index (χ0v) is 15.5. The number of pyridine rings is 2. The molecule has 0 fully saturated rings. The molecule has 0 atom stereocenters. The number of nitrogens with zero attached hydrogens (tertiary/aromatic N) is 2. The van der Waals surface area contributed by atoms with Crippen molar-refractivity contribution in [3.63, 3.8) is 0 Å². The van der Waals surface area contributed by atoms with E-state index < -0.39 is 17.2 Å². The number of carbonyl (C=O) groups is 1. The van der Waals surface area contributed by atoms with Crippen molar-refractivity contribution in [1.29, 1.82) is 0 Å². The van der Waals surface area contributed by atoms with Gasteiger partial charge in [-0.1, -0.05) is 48.0 Å². The summed E-state index contributed by atoms with van der Waals surface area (Å²) in [6.45, 7) is 1.75. The van der Waals surface area contributed by atoms with Gasteiger partial charge >= 0.3 is 5.97 Å². The number of hydrogen-bond donors (Lipinski definition) is 0. The van der Waals surface area contributed by atoms with Crippen molar-refractivity contribution in [3.8, 4) is 5.69 Å². The quantitative estimate of drug-likeness (QED) is 0.377. The molecule has 2 aromatic carbocycles. The van der Waals surface area contributed by atoms with Crippen LogP contribution in [0.2, 0.25) is 5.15 Å². The number of hydrogen-bond acceptors (Lipinski definition) is 4. The minimum absolute atomic E-state index is 0.0552. The smallest absolute Gasteiger partial charge is 0.343 e. The first-order valence-electron chi connectivity index (χ1n) is 8.58. The number of esters is 1. The minimum atomic E-state index is -0.836. The van der Waals surface area contributed by atoms with Crippen LogP contribution in [-0.2, 0) is 4.74 Å². The topological polar surface area (TPSA) is 61.2 Å². The van der Waals surface area contributed by atoms with E-state index in [0.29, 0.717) is 5.69 Å². The minimum Gasteiger partial charge on any atom is -0.462 e. The molecule has 0 radical (unpaired) electrons. The van der Waals surface area contributed by atoms with Crippen molar-refractivity contribution in [2.24, 2.45) is 0 Å². The maximum atomic E-state index is 14.0. The van der Waals surface area contributed by atoms with Gasteiger partial charge in [0.25, 0.3) is 0 Å². The lowest BCUT2D eigenvalue weighted by molar-refractivity contribution is 0.0524. The van der Waals surface area contributed by atoms with Gasteiger partial charge in [0.05, 0.1) is 17.7 Å². The molecule has 7 heteroatoms. The fourth-order valence-electron chi connectivity index (χ4n) is 3.16. The third kappa shape index (κ3) is 2.92. The first kappa shape index (κ1) is 18.1. The van der Waals surface area contributed by atoms with Gasteiger partial charge in [0.15, 0.2) is 11.0 Å². The number of halogens is 2. The lowest BCUT2D eigenvalue weighted by Gasteiger charge is -2.15. The van der Waals surface area contributed by atoms with Crippen molar-refractivity contribution in [3.05, 3.63) is 81.5 Å². The van der Waals surface area contributed by atoms with Crippen LogP contribution in [0.1, 0.15) is 17.3 Å². The van der Waals surface area contributed by atoms with Crippen molar-refractivity contribution in [2.45, 2.75) is 6.92 Å². The molecule has 0 unspecified atom stereocenters. The second-order valence-electron chi connectivity index (χ2n) is 6.09. The summed E-state index contributed by atoms with van der Waals surface area (Å²) >= 11 is 5.88. The normalized spacial score (nSPS) is 11.1. The van der Waals surface area contributed by atoms with Gasteiger partial charge in [-0.3, -0.25) is 9.36 Å². The van der Waals surface area contributed by atoms with Crippen LogP contribution in [0, 0.1) is 5.82 Å². The Morgan fingerprint density at radius 3 is 2.71 bits per heavy atom. The van der Waals surface area contributed by atoms with Crippen LogP contribution in [0.3, 0.4) is 0 Å². The van der Waals surface area contributed by atoms with Crippen LogP contribution >= 0.6 is 11.6 Å². The van der Waals surface area contributed by atoms with E-state index in [1.165, 1.54) is 6.20 Å². The molecule has 0 N–H and O–H groups in total. The number of carbonyl (C=O) groups excluding carboxylic acids is 1. The zero-order valence-electron chi connectivity index (χ0n) is 14.8. The Kier molecular flexibility index (Phi) is 4.57. The molecule has 4 rings (SSSR count). The fraction of sp³-hybridized carbons (Fsp3) is 0.0952. The first-order chi connectivity index (χ1) is 13.5. The highest BCUT2D eigenvalue weighted by molar-refractivity contribution is 6.30. The second-order valence-corrected chi connectivity index (χ2v) is 6.45. The molecule has 28 heavy (non-hydrogen) atoms. The summed E-state index contributed by atoms with van der Waals surface area (Å²) in [6.07, 6.45) is 1.37. The summed E-state index contributed by atoms with van der Waals surface area (Å²) in [5.74, 6) is -1.62. The Morgan fingerprint density at radius 1 is 1.18 bits per heavy atom. The van der Waals surface area contributed by atoms with E-state index in [1.807, 2.05) is 42.5 Å². The third-order valence-corrected chi connectivity index (χ3v) is 4.68. The fourth-order valence-corrected chi connectivity index (χ4v) is 3.29. The Bertz CT molecular complexity index is 1300. The molecule has 0 spiro atoms. The van der Waals surface area contributed by atoms with Gasteiger partial charge in [0, 0.05) is 11.6 Å². The zero-order chi connectivity index (χ0) is 19.8. The lowest BCUT2D eigenvalue weighted by Crippen LogP contribution is -2.21. The van der Waals surface area contributed by atoms with Gasteiger partial charge in [-0.2, -0.15) is 0 Å². The van der Waals surface area contributed by atoms with Crippen LogP contribution < -0.4 is 5.43 Å². The molecule has 0 bridgehead atoms. The summed E-state index contributed by atoms with van der Waals surface area (Å²) in [6, 6.07) is 14.2. The molecule has 0 saturated heterocycles. The summed E-state index contributed by atoms with van der Waals surface area (Å²) in [5, 5.41) is 1.41.